The largest absolute Gasteiger partial charge is 0.355 e. The van der Waals surface area contributed by atoms with Crippen molar-refractivity contribution < 1.29 is 48.7 Å². The Morgan fingerprint density at radius 1 is 0.279 bits per heavy atom. The van der Waals surface area contributed by atoms with Crippen LogP contribution in [-0.4, -0.2) is 57.7 Å². The summed E-state index contributed by atoms with van der Waals surface area (Å²) in [4.78, 5) is 51.5. The third-order valence-electron chi connectivity index (χ3n) is 19.2. The van der Waals surface area contributed by atoms with Gasteiger partial charge in [-0.3, -0.25) is 4.79 Å². The molecule has 0 aliphatic carbocycles. The SMILES string of the molecule is Cc1ccc(-c2c3nc(c(-c4c(F)c(F)c(F)c(F)c4F)c4ccc([nH]4)c(-c4ccc(C)cc4)c4nc(c(CC(=O)N(C)Cc5c6nc(c(-c7ccc(C)cc7)c7ccc([nH]7)c(-c7c(F)c(F)c(F)c(F)c7F)c7nc(c(-c8ccc(C)cc8)c8ccc5[nH]8)C=C7)C=C6)c5ccc2[nH]5)C=C4)C=C3)cc1. The molecule has 0 spiro atoms. The van der Waals surface area contributed by atoms with Crippen molar-refractivity contribution in [2.24, 2.45) is 0 Å². The zero-order valence-electron chi connectivity index (χ0n) is 55.8. The van der Waals surface area contributed by atoms with Crippen molar-refractivity contribution in [3.63, 3.8) is 0 Å². The van der Waals surface area contributed by atoms with E-state index in [1.54, 1.807) is 60.5 Å². The van der Waals surface area contributed by atoms with E-state index >= 15 is 39.9 Å². The van der Waals surface area contributed by atoms with Gasteiger partial charge in [0.25, 0.3) is 0 Å². The molecular formula is C84H55F10N9O. The molecular weight excluding hydrogens is 1340 g/mol. The number of H-pyrrole nitrogens is 4. The molecule has 16 rings (SSSR count). The number of aromatic nitrogens is 8. The second-order valence-electron chi connectivity index (χ2n) is 26.0. The first-order chi connectivity index (χ1) is 50.1. The van der Waals surface area contributed by atoms with Crippen LogP contribution in [0.4, 0.5) is 43.9 Å². The van der Waals surface area contributed by atoms with Crippen molar-refractivity contribution in [2.45, 2.75) is 40.7 Å². The quantitative estimate of drug-likeness (QED) is 0.0614. The zero-order chi connectivity index (χ0) is 72.3. The van der Waals surface area contributed by atoms with Crippen LogP contribution in [0.15, 0.2) is 146 Å². The molecule has 10 heterocycles. The molecule has 20 heteroatoms. The van der Waals surface area contributed by atoms with Gasteiger partial charge in [0.05, 0.1) is 63.1 Å². The summed E-state index contributed by atoms with van der Waals surface area (Å²) in [5.41, 5.74) is 10.7. The number of nitrogens with one attached hydrogen (secondary N) is 4. The van der Waals surface area contributed by atoms with E-state index in [1.807, 2.05) is 149 Å². The van der Waals surface area contributed by atoms with E-state index in [4.69, 9.17) is 19.9 Å². The highest BCUT2D eigenvalue weighted by molar-refractivity contribution is 6.01. The standard InChI is InChI=1S/C84H55F10N9O/c1-40-6-14-44(15-7-40)67-54-26-22-50(95-54)48(51-23-27-55(96-51)68(45-16-8-41(2)9-17-45)59-31-35-63(100-59)71(62-34-30-58(67)99-62)73-75(85)79(89)83(93)80(90)76(73)86)38-66(104)103(5)39-49-52-24-28-56(97-52)69(46-18-10-42(3)11-19-46)60-32-36-64(101-60)72(74-77(87)81(91)84(94)82(92)78(74)88)65-37-33-61(102-65)70(57-29-25-53(49)98-57)47-20-12-43(4)13-21-47/h6-37,95,97,100,102H,38-39H2,1-5H3. The Hall–Kier alpha value is -12.7. The molecule has 512 valence electrons. The molecule has 1 amide bonds. The average Bonchev–Trinajstić information content (AvgIpc) is 1.54. The molecule has 12 aromatic rings. The van der Waals surface area contributed by atoms with E-state index < -0.39 is 80.4 Å². The molecule has 0 radical (unpaired) electrons. The van der Waals surface area contributed by atoms with Gasteiger partial charge in [0.1, 0.15) is 0 Å². The fourth-order valence-electron chi connectivity index (χ4n) is 13.8. The zero-order valence-corrected chi connectivity index (χ0v) is 55.8. The summed E-state index contributed by atoms with van der Waals surface area (Å²) < 4.78 is 157. The van der Waals surface area contributed by atoms with Crippen molar-refractivity contribution in [2.75, 3.05) is 7.05 Å². The van der Waals surface area contributed by atoms with E-state index in [2.05, 4.69) is 19.9 Å². The third-order valence-corrected chi connectivity index (χ3v) is 19.2. The highest BCUT2D eigenvalue weighted by atomic mass is 19.2. The van der Waals surface area contributed by atoms with E-state index in [9.17, 15) is 8.78 Å². The minimum Gasteiger partial charge on any atom is -0.355 e. The fourth-order valence-corrected chi connectivity index (χ4v) is 13.8. The van der Waals surface area contributed by atoms with Crippen LogP contribution in [0.3, 0.4) is 0 Å². The molecule has 4 aliphatic rings. The van der Waals surface area contributed by atoms with Gasteiger partial charge in [-0.2, -0.15) is 0 Å². The van der Waals surface area contributed by atoms with Gasteiger partial charge < -0.3 is 24.8 Å². The Bertz CT molecular complexity index is 6030. The highest BCUT2D eigenvalue weighted by Crippen LogP contribution is 2.44. The Morgan fingerprint density at radius 3 is 0.808 bits per heavy atom. The minimum atomic E-state index is -2.31. The predicted molar refractivity (Wildman–Crippen MR) is 389 cm³/mol. The number of fused-ring (bicyclic) bond motifs is 16. The molecule has 0 atom stereocenters. The Labute approximate surface area is 586 Å². The molecule has 10 nitrogen and oxygen atoms in total. The van der Waals surface area contributed by atoms with Gasteiger partial charge >= 0.3 is 0 Å². The van der Waals surface area contributed by atoms with Gasteiger partial charge in [0, 0.05) is 102 Å². The monoisotopic (exact) mass is 1400 g/mol. The van der Waals surface area contributed by atoms with Gasteiger partial charge in [-0.05, 0) is 147 Å². The van der Waals surface area contributed by atoms with Crippen molar-refractivity contribution in [3.8, 4) is 66.8 Å². The van der Waals surface area contributed by atoms with E-state index in [1.165, 1.54) is 24.3 Å². The van der Waals surface area contributed by atoms with Crippen LogP contribution in [0.5, 0.6) is 0 Å². The average molecular weight is 1400 g/mol. The second kappa shape index (κ2) is 25.7. The van der Waals surface area contributed by atoms with Crippen LogP contribution in [0.2, 0.25) is 0 Å². The van der Waals surface area contributed by atoms with Gasteiger partial charge in [-0.15, -0.1) is 0 Å². The summed E-state index contributed by atoms with van der Waals surface area (Å²) in [5, 5.41) is 0. The number of halogens is 10. The number of aromatic amines is 4. The molecule has 0 unspecified atom stereocenters. The van der Waals surface area contributed by atoms with E-state index in [0.29, 0.717) is 112 Å². The second-order valence-corrected chi connectivity index (χ2v) is 26.0. The minimum absolute atomic E-state index is 0.0250. The molecule has 6 aromatic heterocycles. The number of carbonyl (C=O) groups excluding carboxylic acids is 1. The lowest BCUT2D eigenvalue weighted by molar-refractivity contribution is -0.129. The fraction of sp³-hybridized carbons (Fsp3) is 0.0833. The molecule has 0 saturated heterocycles. The summed E-state index contributed by atoms with van der Waals surface area (Å²) in [7, 11) is 1.68. The number of hydrogen-bond donors (Lipinski definition) is 4. The predicted octanol–water partition coefficient (Wildman–Crippen LogP) is 21.5. The van der Waals surface area contributed by atoms with Crippen LogP contribution < -0.4 is 0 Å². The van der Waals surface area contributed by atoms with Crippen LogP contribution in [-0.2, 0) is 17.8 Å². The van der Waals surface area contributed by atoms with Gasteiger partial charge in [0.15, 0.2) is 46.5 Å². The lowest BCUT2D eigenvalue weighted by Gasteiger charge is -2.18. The Morgan fingerprint density at radius 2 is 0.500 bits per heavy atom. The lowest BCUT2D eigenvalue weighted by Crippen LogP contribution is -2.28. The van der Waals surface area contributed by atoms with Gasteiger partial charge in [-0.25, -0.2) is 63.8 Å². The van der Waals surface area contributed by atoms with Crippen LogP contribution >= 0.6 is 0 Å². The van der Waals surface area contributed by atoms with Crippen molar-refractivity contribution in [3.05, 3.63) is 283 Å². The number of aryl methyl sites for hydroxylation is 4. The first-order valence-corrected chi connectivity index (χ1v) is 33.0. The first-order valence-electron chi connectivity index (χ1n) is 33.0. The van der Waals surface area contributed by atoms with Crippen LogP contribution in [0.25, 0.3) is 160 Å². The van der Waals surface area contributed by atoms with Crippen LogP contribution in [0, 0.1) is 85.9 Å². The molecule has 16 bridgehead atoms. The number of benzene rings is 6. The smallest absolute Gasteiger partial charge is 0.227 e. The Balaban J connectivity index is 0.910. The number of carbonyl (C=O) groups is 1. The number of hydrogen-bond acceptors (Lipinski definition) is 5. The molecule has 6 aromatic carbocycles. The number of rotatable bonds is 10. The maximum Gasteiger partial charge on any atom is 0.227 e. The molecule has 4 N–H and O–H groups in total. The Kier molecular flexibility index (Phi) is 16.3. The summed E-state index contributed by atoms with van der Waals surface area (Å²) in [6.45, 7) is 7.62. The normalized spacial score (nSPS) is 12.3. The number of amides is 1. The summed E-state index contributed by atoms with van der Waals surface area (Å²) in [6.07, 6.45) is 13.0. The molecule has 0 saturated carbocycles. The van der Waals surface area contributed by atoms with Gasteiger partial charge in [0.2, 0.25) is 17.5 Å². The maximum absolute atomic E-state index is 16.3. The highest BCUT2D eigenvalue weighted by Gasteiger charge is 2.33. The molecule has 104 heavy (non-hydrogen) atoms. The number of nitrogens with zero attached hydrogens (tertiary/aromatic N) is 5. The summed E-state index contributed by atoms with van der Waals surface area (Å²) >= 11 is 0. The lowest BCUT2D eigenvalue weighted by atomic mass is 10.0. The number of likely N-dealkylation sites (N-methyl/N-ethyl adjacent to an activating group) is 1. The van der Waals surface area contributed by atoms with Crippen LogP contribution in [0.1, 0.15) is 78.9 Å². The summed E-state index contributed by atoms with van der Waals surface area (Å²) in [6, 6.07) is 43.6. The van der Waals surface area contributed by atoms with E-state index in [-0.39, 0.29) is 52.7 Å². The first kappa shape index (κ1) is 65.9. The maximum atomic E-state index is 16.3. The van der Waals surface area contributed by atoms with Crippen molar-refractivity contribution in [1.29, 1.82) is 0 Å². The topological polar surface area (TPSA) is 135 Å². The molecule has 4 aliphatic heterocycles. The third kappa shape index (κ3) is 11.4. The summed E-state index contributed by atoms with van der Waals surface area (Å²) in [5.74, 6) is -21.7. The molecule has 0 fully saturated rings. The van der Waals surface area contributed by atoms with Crippen molar-refractivity contribution in [1.82, 2.24) is 44.8 Å². The van der Waals surface area contributed by atoms with Crippen molar-refractivity contribution >= 4 is 98.6 Å². The van der Waals surface area contributed by atoms with E-state index in [0.717, 1.165) is 22.3 Å². The van der Waals surface area contributed by atoms with Gasteiger partial charge in [-0.1, -0.05) is 119 Å².